The van der Waals surface area contributed by atoms with Crippen LogP contribution in [-0.2, 0) is 29.3 Å². The summed E-state index contributed by atoms with van der Waals surface area (Å²) in [5.41, 5.74) is 3.69. The summed E-state index contributed by atoms with van der Waals surface area (Å²) < 4.78 is 52.9. The van der Waals surface area contributed by atoms with Crippen molar-refractivity contribution in [1.29, 1.82) is 0 Å². The van der Waals surface area contributed by atoms with E-state index < -0.39 is 15.3 Å². The Morgan fingerprint density at radius 2 is 1.91 bits per heavy atom. The van der Waals surface area contributed by atoms with Crippen LogP contribution in [0.25, 0.3) is 0 Å². The minimum atomic E-state index is -3.63. The van der Waals surface area contributed by atoms with Gasteiger partial charge in [-0.15, -0.1) is 0 Å². The fraction of sp³-hybridized carbons (Fsp3) is 0.538. The number of fused-ring (bicyclic) bond motifs is 1. The van der Waals surface area contributed by atoms with Crippen LogP contribution in [0, 0.1) is 23.5 Å². The van der Waals surface area contributed by atoms with Crippen molar-refractivity contribution >= 4 is 10.0 Å². The molecular formula is C26H32F2N2O2S. The van der Waals surface area contributed by atoms with E-state index in [0.29, 0.717) is 24.3 Å². The first-order valence-corrected chi connectivity index (χ1v) is 13.7. The molecule has 1 heterocycles. The Morgan fingerprint density at radius 3 is 2.55 bits per heavy atom. The third kappa shape index (κ3) is 5.15. The highest BCUT2D eigenvalue weighted by atomic mass is 32.2. The number of likely N-dealkylation sites (tertiary alicyclic amines) is 1. The lowest BCUT2D eigenvalue weighted by atomic mass is 9.85. The van der Waals surface area contributed by atoms with Crippen molar-refractivity contribution in [2.45, 2.75) is 56.1 Å². The van der Waals surface area contributed by atoms with E-state index in [1.165, 1.54) is 12.5 Å². The molecule has 0 bridgehead atoms. The lowest BCUT2D eigenvalue weighted by Crippen LogP contribution is -2.41. The molecule has 3 aliphatic rings. The van der Waals surface area contributed by atoms with Crippen molar-refractivity contribution in [3.63, 3.8) is 0 Å². The summed E-state index contributed by atoms with van der Waals surface area (Å²) in [7, 11) is -3.63. The van der Waals surface area contributed by atoms with Gasteiger partial charge in [0.2, 0.25) is 10.0 Å². The van der Waals surface area contributed by atoms with Crippen LogP contribution >= 0.6 is 0 Å². The fourth-order valence-corrected chi connectivity index (χ4v) is 7.04. The summed E-state index contributed by atoms with van der Waals surface area (Å²) in [6.07, 6.45) is 5.23. The van der Waals surface area contributed by atoms with Crippen molar-refractivity contribution in [3.05, 3.63) is 70.3 Å². The molecule has 0 amide bonds. The summed E-state index contributed by atoms with van der Waals surface area (Å²) in [5, 5.41) is 4.87. The van der Waals surface area contributed by atoms with Crippen LogP contribution in [-0.4, -0.2) is 38.2 Å². The molecule has 3 unspecified atom stereocenters. The molecule has 178 valence electrons. The summed E-state index contributed by atoms with van der Waals surface area (Å²) in [4.78, 5) is 2.44. The van der Waals surface area contributed by atoms with E-state index in [4.69, 9.17) is 5.14 Å². The van der Waals surface area contributed by atoms with Gasteiger partial charge in [0.1, 0.15) is 11.6 Å². The van der Waals surface area contributed by atoms with E-state index in [1.807, 2.05) is 12.1 Å². The third-order valence-corrected chi connectivity index (χ3v) is 9.28. The van der Waals surface area contributed by atoms with Gasteiger partial charge in [-0.3, -0.25) is 0 Å². The summed E-state index contributed by atoms with van der Waals surface area (Å²) in [6, 6.07) is 10.4. The number of aryl methyl sites for hydroxylation is 1. The van der Waals surface area contributed by atoms with E-state index in [-0.39, 0.29) is 23.5 Å². The van der Waals surface area contributed by atoms with Crippen molar-refractivity contribution in [2.75, 3.05) is 19.6 Å². The highest BCUT2D eigenvalue weighted by molar-refractivity contribution is 7.89. The molecule has 2 aromatic rings. The van der Waals surface area contributed by atoms with Crippen molar-refractivity contribution in [2.24, 2.45) is 17.0 Å². The molecule has 2 aliphatic carbocycles. The highest BCUT2D eigenvalue weighted by Crippen LogP contribution is 2.43. The lowest BCUT2D eigenvalue weighted by Gasteiger charge is -2.35. The van der Waals surface area contributed by atoms with Crippen LogP contribution in [0.1, 0.15) is 53.9 Å². The quantitative estimate of drug-likeness (QED) is 0.593. The van der Waals surface area contributed by atoms with Gasteiger partial charge in [-0.05, 0) is 116 Å². The lowest BCUT2D eigenvalue weighted by molar-refractivity contribution is 0.145. The molecule has 1 saturated carbocycles. The molecule has 1 saturated heterocycles. The van der Waals surface area contributed by atoms with Crippen LogP contribution in [0.4, 0.5) is 8.78 Å². The summed E-state index contributed by atoms with van der Waals surface area (Å²) in [6.45, 7) is 3.19. The number of primary sulfonamides is 1. The number of sulfonamides is 1. The second-order valence-electron chi connectivity index (χ2n) is 10.2. The number of hydrogen-bond donors (Lipinski definition) is 1. The zero-order valence-corrected chi connectivity index (χ0v) is 19.7. The maximum Gasteiger partial charge on any atom is 0.212 e. The van der Waals surface area contributed by atoms with E-state index in [0.717, 1.165) is 62.0 Å². The van der Waals surface area contributed by atoms with E-state index in [9.17, 15) is 12.8 Å². The highest BCUT2D eigenvalue weighted by Gasteiger charge is 2.39. The Morgan fingerprint density at radius 1 is 1.12 bits per heavy atom. The molecule has 2 aromatic carbocycles. The van der Waals surface area contributed by atoms with Gasteiger partial charge in [0.05, 0.1) is 5.25 Å². The molecule has 3 atom stereocenters. The predicted octanol–water partition coefficient (Wildman–Crippen LogP) is 4.17. The molecule has 1 aliphatic heterocycles. The topological polar surface area (TPSA) is 63.4 Å². The second kappa shape index (κ2) is 9.08. The predicted molar refractivity (Wildman–Crippen MR) is 125 cm³/mol. The SMILES string of the molecule is NS(=O)(=O)C(CCc1cc2c(cc1F)CC(CN1CCC1)C2Cc1cccc(F)c1)C1CC1. The number of benzene rings is 2. The molecule has 0 aromatic heterocycles. The molecular weight excluding hydrogens is 442 g/mol. The first-order valence-electron chi connectivity index (χ1n) is 12.1. The monoisotopic (exact) mass is 474 g/mol. The molecule has 2 fully saturated rings. The van der Waals surface area contributed by atoms with Gasteiger partial charge in [0.15, 0.2) is 0 Å². The first-order chi connectivity index (χ1) is 15.8. The molecule has 33 heavy (non-hydrogen) atoms. The molecule has 4 nitrogen and oxygen atoms in total. The van der Waals surface area contributed by atoms with Crippen LogP contribution < -0.4 is 5.14 Å². The maximum atomic E-state index is 15.0. The van der Waals surface area contributed by atoms with Gasteiger partial charge in [-0.25, -0.2) is 22.3 Å². The van der Waals surface area contributed by atoms with Crippen LogP contribution in [0.5, 0.6) is 0 Å². The number of rotatable bonds is 9. The Hall–Kier alpha value is -1.83. The van der Waals surface area contributed by atoms with Crippen molar-refractivity contribution in [3.8, 4) is 0 Å². The van der Waals surface area contributed by atoms with E-state index in [2.05, 4.69) is 4.90 Å². The minimum absolute atomic E-state index is 0.110. The van der Waals surface area contributed by atoms with Crippen LogP contribution in [0.2, 0.25) is 0 Å². The third-order valence-electron chi connectivity index (χ3n) is 7.81. The number of halogens is 2. The Balaban J connectivity index is 1.40. The summed E-state index contributed by atoms with van der Waals surface area (Å²) >= 11 is 0. The fourth-order valence-electron chi connectivity index (χ4n) is 5.79. The Bertz CT molecular complexity index is 1130. The average Bonchev–Trinajstić information content (AvgIpc) is 3.48. The minimum Gasteiger partial charge on any atom is -0.303 e. The van der Waals surface area contributed by atoms with Gasteiger partial charge in [-0.2, -0.15) is 0 Å². The van der Waals surface area contributed by atoms with Gasteiger partial charge in [-0.1, -0.05) is 18.2 Å². The first kappa shape index (κ1) is 22.9. The van der Waals surface area contributed by atoms with Gasteiger partial charge >= 0.3 is 0 Å². The number of nitrogens with zero attached hydrogens (tertiary/aromatic N) is 1. The Kier molecular flexibility index (Phi) is 6.31. The van der Waals surface area contributed by atoms with Crippen molar-refractivity contribution in [1.82, 2.24) is 4.90 Å². The summed E-state index contributed by atoms with van der Waals surface area (Å²) in [5.74, 6) is 0.172. The van der Waals surface area contributed by atoms with Crippen LogP contribution in [0.3, 0.4) is 0 Å². The van der Waals surface area contributed by atoms with Crippen molar-refractivity contribution < 1.29 is 17.2 Å². The largest absolute Gasteiger partial charge is 0.303 e. The molecule has 0 radical (unpaired) electrons. The van der Waals surface area contributed by atoms with Crippen LogP contribution in [0.15, 0.2) is 36.4 Å². The number of hydrogen-bond acceptors (Lipinski definition) is 3. The van der Waals surface area contributed by atoms with Gasteiger partial charge in [0, 0.05) is 6.54 Å². The number of nitrogens with two attached hydrogens (primary N) is 1. The zero-order chi connectivity index (χ0) is 23.2. The normalized spacial score (nSPS) is 23.8. The van der Waals surface area contributed by atoms with Gasteiger partial charge in [0.25, 0.3) is 0 Å². The Labute approximate surface area is 195 Å². The molecule has 5 rings (SSSR count). The second-order valence-corrected chi connectivity index (χ2v) is 12.0. The standard InChI is InChI=1S/C26H32F2N2O2S/c27-22-4-1-3-17(11-22)12-23-21(16-30-9-2-10-30)13-20-15-25(28)19(14-24(20)23)7-8-26(18-5-6-18)33(29,31)32/h1,3-4,11,14-15,18,21,23,26H,2,5-10,12-13,16H2,(H2,29,31,32). The molecule has 7 heteroatoms. The molecule has 0 spiro atoms. The average molecular weight is 475 g/mol. The smallest absolute Gasteiger partial charge is 0.212 e. The van der Waals surface area contributed by atoms with Gasteiger partial charge < -0.3 is 4.90 Å². The molecule has 2 N–H and O–H groups in total. The maximum absolute atomic E-state index is 15.0. The van der Waals surface area contributed by atoms with E-state index in [1.54, 1.807) is 18.2 Å². The zero-order valence-electron chi connectivity index (χ0n) is 18.8. The van der Waals surface area contributed by atoms with E-state index >= 15 is 4.39 Å².